The molecule has 71 heavy (non-hydrogen) atoms. The van der Waals surface area contributed by atoms with E-state index in [0.717, 1.165) is 141 Å². The van der Waals surface area contributed by atoms with Crippen LogP contribution in [0, 0.1) is 0 Å². The highest BCUT2D eigenvalue weighted by molar-refractivity contribution is 5.71. The fourth-order valence-corrected chi connectivity index (χ4v) is 7.37. The van der Waals surface area contributed by atoms with Gasteiger partial charge in [-0.2, -0.15) is 0 Å². The molecule has 0 aromatic heterocycles. The smallest absolute Gasteiger partial charge is 0.306 e. The summed E-state index contributed by atoms with van der Waals surface area (Å²) in [5.74, 6) is -0.978. The number of carbonyl (C=O) groups excluding carboxylic acids is 3. The Bertz CT molecular complexity index is 1550. The summed E-state index contributed by atoms with van der Waals surface area (Å²) in [6.45, 7) is 6.33. The molecule has 1 atom stereocenters. The van der Waals surface area contributed by atoms with Gasteiger partial charge in [0.15, 0.2) is 6.10 Å². The molecule has 6 nitrogen and oxygen atoms in total. The number of hydrogen-bond acceptors (Lipinski definition) is 6. The Morgan fingerprint density at radius 1 is 0.296 bits per heavy atom. The van der Waals surface area contributed by atoms with E-state index < -0.39 is 6.10 Å². The molecule has 0 fully saturated rings. The summed E-state index contributed by atoms with van der Waals surface area (Å²) in [6, 6.07) is 0. The molecular formula is C65H104O6. The van der Waals surface area contributed by atoms with Gasteiger partial charge in [0.2, 0.25) is 0 Å². The van der Waals surface area contributed by atoms with E-state index in [4.69, 9.17) is 14.2 Å². The van der Waals surface area contributed by atoms with Crippen LogP contribution in [0.5, 0.6) is 0 Å². The van der Waals surface area contributed by atoms with Crippen LogP contribution >= 0.6 is 0 Å². The molecular weight excluding hydrogens is 877 g/mol. The summed E-state index contributed by atoms with van der Waals surface area (Å²) in [4.78, 5) is 38.1. The minimum atomic E-state index is -0.814. The third-order valence-electron chi connectivity index (χ3n) is 11.6. The van der Waals surface area contributed by atoms with E-state index in [-0.39, 0.29) is 37.5 Å². The Hall–Kier alpha value is -4.45. The maximum Gasteiger partial charge on any atom is 0.306 e. The van der Waals surface area contributed by atoms with E-state index in [0.29, 0.717) is 19.3 Å². The fourth-order valence-electron chi connectivity index (χ4n) is 7.37. The summed E-state index contributed by atoms with van der Waals surface area (Å²) in [5.41, 5.74) is 0. The lowest BCUT2D eigenvalue weighted by Crippen LogP contribution is -2.30. The molecule has 0 aromatic rings. The molecule has 0 spiro atoms. The zero-order chi connectivity index (χ0) is 51.4. The second kappa shape index (κ2) is 58.1. The van der Waals surface area contributed by atoms with E-state index in [1.54, 1.807) is 0 Å². The first-order chi connectivity index (χ1) is 35.0. The summed E-state index contributed by atoms with van der Waals surface area (Å²) in [7, 11) is 0. The molecule has 0 radical (unpaired) electrons. The van der Waals surface area contributed by atoms with Crippen molar-refractivity contribution in [3.8, 4) is 0 Å². The molecule has 0 aromatic carbocycles. The second-order valence-electron chi connectivity index (χ2n) is 18.4. The highest BCUT2D eigenvalue weighted by Gasteiger charge is 2.19. The van der Waals surface area contributed by atoms with Gasteiger partial charge in [-0.25, -0.2) is 0 Å². The largest absolute Gasteiger partial charge is 0.462 e. The van der Waals surface area contributed by atoms with Gasteiger partial charge in [0.25, 0.3) is 0 Å². The van der Waals surface area contributed by atoms with Crippen molar-refractivity contribution in [1.82, 2.24) is 0 Å². The van der Waals surface area contributed by atoms with Crippen molar-refractivity contribution in [3.05, 3.63) is 134 Å². The standard InChI is InChI=1S/C65H104O6/c1-4-7-10-13-16-19-22-25-27-28-29-30-31-32-33-34-35-36-38-40-43-46-49-52-55-58-64(67)70-61-62(60-69-63(66)57-54-51-48-45-42-39-24-21-18-15-12-9-6-3)71-65(68)59-56-53-50-47-44-41-37-26-23-20-17-14-11-8-5-2/h7-8,10-11,16-17,19-21,24-27,29-30,32-33,35-37,44,47,62H,4-6,9,12-15,18,22-23,28,31,34,38-43,45-46,48-61H2,1-3H3/b10-7-,11-8-,19-16-,20-17-,24-21-,27-25-,30-29-,33-32-,36-35-,37-26-,47-44-. The highest BCUT2D eigenvalue weighted by atomic mass is 16.6. The van der Waals surface area contributed by atoms with E-state index in [1.807, 2.05) is 0 Å². The van der Waals surface area contributed by atoms with Crippen LogP contribution < -0.4 is 0 Å². The minimum Gasteiger partial charge on any atom is -0.462 e. The number of allylic oxidation sites excluding steroid dienone is 22. The average molecular weight is 982 g/mol. The van der Waals surface area contributed by atoms with E-state index in [1.165, 1.54) is 51.4 Å². The first-order valence-electron chi connectivity index (χ1n) is 28.7. The SMILES string of the molecule is CC/C=C\C/C=C\C/C=C\C/C=C\C/C=C\C/C=C\CCCCCCCCC(=O)OCC(COC(=O)CCCCCCC/C=C\CCCCCC)OC(=O)CCCC/C=C\C/C=C\C/C=C\C/C=C\CC. The molecule has 0 saturated heterocycles. The Morgan fingerprint density at radius 2 is 0.549 bits per heavy atom. The number of unbranched alkanes of at least 4 members (excludes halogenated alkanes) is 17. The quantitative estimate of drug-likeness (QED) is 0.0262. The van der Waals surface area contributed by atoms with Gasteiger partial charge in [-0.05, 0) is 135 Å². The number of rotatable bonds is 50. The molecule has 0 heterocycles. The molecule has 0 rings (SSSR count). The van der Waals surface area contributed by atoms with Crippen LogP contribution in [0.4, 0.5) is 0 Å². The zero-order valence-corrected chi connectivity index (χ0v) is 45.7. The second-order valence-corrected chi connectivity index (χ2v) is 18.4. The Morgan fingerprint density at radius 3 is 0.901 bits per heavy atom. The zero-order valence-electron chi connectivity index (χ0n) is 45.7. The molecule has 0 aliphatic carbocycles. The summed E-state index contributed by atoms with van der Waals surface area (Å²) in [5, 5.41) is 0. The molecule has 400 valence electrons. The molecule has 0 aliphatic rings. The molecule has 0 bridgehead atoms. The lowest BCUT2D eigenvalue weighted by molar-refractivity contribution is -0.167. The number of carbonyl (C=O) groups is 3. The highest BCUT2D eigenvalue weighted by Crippen LogP contribution is 2.13. The lowest BCUT2D eigenvalue weighted by atomic mass is 10.1. The van der Waals surface area contributed by atoms with Crippen molar-refractivity contribution in [2.75, 3.05) is 13.2 Å². The first-order valence-corrected chi connectivity index (χ1v) is 28.7. The van der Waals surface area contributed by atoms with Crippen molar-refractivity contribution < 1.29 is 28.6 Å². The van der Waals surface area contributed by atoms with Crippen molar-refractivity contribution in [1.29, 1.82) is 0 Å². The predicted molar refractivity (Wildman–Crippen MR) is 306 cm³/mol. The van der Waals surface area contributed by atoms with E-state index in [2.05, 4.69) is 154 Å². The van der Waals surface area contributed by atoms with Crippen LogP contribution in [0.25, 0.3) is 0 Å². The number of ether oxygens (including phenoxy) is 3. The molecule has 0 saturated carbocycles. The lowest BCUT2D eigenvalue weighted by Gasteiger charge is -2.18. The van der Waals surface area contributed by atoms with Gasteiger partial charge < -0.3 is 14.2 Å². The van der Waals surface area contributed by atoms with E-state index in [9.17, 15) is 14.4 Å². The topological polar surface area (TPSA) is 78.9 Å². The van der Waals surface area contributed by atoms with Gasteiger partial charge in [-0.3, -0.25) is 14.4 Å². The van der Waals surface area contributed by atoms with Gasteiger partial charge in [-0.1, -0.05) is 219 Å². The van der Waals surface area contributed by atoms with Crippen LogP contribution in [0.15, 0.2) is 134 Å². The van der Waals surface area contributed by atoms with Gasteiger partial charge in [-0.15, -0.1) is 0 Å². The Labute approximate surface area is 436 Å². The van der Waals surface area contributed by atoms with Crippen molar-refractivity contribution in [3.63, 3.8) is 0 Å². The van der Waals surface area contributed by atoms with Gasteiger partial charge >= 0.3 is 17.9 Å². The normalized spacial score (nSPS) is 13.1. The summed E-state index contributed by atoms with van der Waals surface area (Å²) < 4.78 is 16.8. The van der Waals surface area contributed by atoms with Crippen molar-refractivity contribution in [2.45, 2.75) is 245 Å². The fraction of sp³-hybridized carbons (Fsp3) is 0.615. The van der Waals surface area contributed by atoms with Crippen molar-refractivity contribution in [2.24, 2.45) is 0 Å². The predicted octanol–water partition coefficient (Wildman–Crippen LogP) is 19.4. The molecule has 6 heteroatoms. The number of esters is 3. The first kappa shape index (κ1) is 66.6. The van der Waals surface area contributed by atoms with Crippen LogP contribution in [0.2, 0.25) is 0 Å². The van der Waals surface area contributed by atoms with Crippen LogP contribution in [-0.4, -0.2) is 37.2 Å². The molecule has 0 amide bonds. The van der Waals surface area contributed by atoms with Crippen LogP contribution in [-0.2, 0) is 28.6 Å². The van der Waals surface area contributed by atoms with Crippen molar-refractivity contribution >= 4 is 17.9 Å². The monoisotopic (exact) mass is 981 g/mol. The van der Waals surface area contributed by atoms with Gasteiger partial charge in [0.1, 0.15) is 13.2 Å². The maximum atomic E-state index is 12.8. The third kappa shape index (κ3) is 56.3. The minimum absolute atomic E-state index is 0.108. The number of hydrogen-bond donors (Lipinski definition) is 0. The van der Waals surface area contributed by atoms with E-state index >= 15 is 0 Å². The molecule has 1 unspecified atom stereocenters. The molecule has 0 N–H and O–H groups in total. The van der Waals surface area contributed by atoms with Crippen LogP contribution in [0.3, 0.4) is 0 Å². The Kier molecular flexibility index (Phi) is 54.5. The third-order valence-corrected chi connectivity index (χ3v) is 11.6. The van der Waals surface area contributed by atoms with Gasteiger partial charge in [0.05, 0.1) is 0 Å². The van der Waals surface area contributed by atoms with Gasteiger partial charge in [0, 0.05) is 19.3 Å². The Balaban J connectivity index is 4.44. The molecule has 0 aliphatic heterocycles. The average Bonchev–Trinajstić information content (AvgIpc) is 3.37. The van der Waals surface area contributed by atoms with Crippen LogP contribution in [0.1, 0.15) is 239 Å². The maximum absolute atomic E-state index is 12.8. The summed E-state index contributed by atoms with van der Waals surface area (Å²) >= 11 is 0. The summed E-state index contributed by atoms with van der Waals surface area (Å²) in [6.07, 6.45) is 81.6.